The Morgan fingerprint density at radius 3 is 2.74 bits per heavy atom. The lowest BCUT2D eigenvalue weighted by molar-refractivity contribution is -0.138. The van der Waals surface area contributed by atoms with Crippen molar-refractivity contribution in [3.63, 3.8) is 0 Å². The topological polar surface area (TPSA) is 102 Å². The van der Waals surface area contributed by atoms with E-state index in [0.29, 0.717) is 51.9 Å². The van der Waals surface area contributed by atoms with Gasteiger partial charge in [-0.1, -0.05) is 32.0 Å². The van der Waals surface area contributed by atoms with Gasteiger partial charge in [0.15, 0.2) is 11.4 Å². The highest BCUT2D eigenvalue weighted by Gasteiger charge is 2.43. The lowest BCUT2D eigenvalue weighted by Gasteiger charge is -2.39. The molecule has 7 nitrogen and oxygen atoms in total. The van der Waals surface area contributed by atoms with E-state index in [1.165, 1.54) is 0 Å². The summed E-state index contributed by atoms with van der Waals surface area (Å²) in [6.45, 7) is 7.94. The van der Waals surface area contributed by atoms with Crippen molar-refractivity contribution in [3.8, 4) is 17.2 Å². The molecule has 7 heteroatoms. The number of oxazole rings is 1. The number of ketones is 1. The fraction of sp³-hybridized carbons (Fsp3) is 0.321. The number of carbonyl (C=O) groups is 2. The summed E-state index contributed by atoms with van der Waals surface area (Å²) in [5, 5.41) is 14.0. The van der Waals surface area contributed by atoms with Crippen LogP contribution in [0.15, 0.2) is 69.4 Å². The first kappa shape index (κ1) is 22.9. The average molecular weight is 473 g/mol. The van der Waals surface area contributed by atoms with Gasteiger partial charge in [-0.15, -0.1) is 0 Å². The van der Waals surface area contributed by atoms with Gasteiger partial charge in [0.1, 0.15) is 11.3 Å². The van der Waals surface area contributed by atoms with Crippen molar-refractivity contribution in [2.45, 2.75) is 46.5 Å². The molecule has 5 rings (SSSR count). The molecular weight excluding hydrogens is 444 g/mol. The molecule has 2 heterocycles. The standard InChI is InChI=1S/C28H28N2O5/c1-5-34-27(33)23-15(2)29-19-13-28(3,4)14-21(32)25(19)24(23)16-10-11-20(31)17(12-16)26-30-18-8-6-7-9-22(18)35-26/h6-12,24,29,31H,5,13-14H2,1-4H3. The minimum absolute atomic E-state index is 0.000430. The van der Waals surface area contributed by atoms with Crippen LogP contribution < -0.4 is 5.32 Å². The number of hydrogen-bond donors (Lipinski definition) is 2. The Balaban J connectivity index is 1.69. The molecule has 1 aliphatic carbocycles. The van der Waals surface area contributed by atoms with E-state index in [1.807, 2.05) is 31.2 Å². The number of carbonyl (C=O) groups excluding carboxylic acids is 2. The number of fused-ring (bicyclic) bond motifs is 1. The number of rotatable bonds is 4. The minimum atomic E-state index is -0.627. The molecular formula is C28H28N2O5. The molecule has 0 saturated heterocycles. The summed E-state index contributed by atoms with van der Waals surface area (Å²) in [5.74, 6) is -0.832. The molecule has 0 spiro atoms. The molecule has 1 aromatic heterocycles. The zero-order valence-corrected chi connectivity index (χ0v) is 20.3. The van der Waals surface area contributed by atoms with E-state index in [1.54, 1.807) is 25.1 Å². The quantitative estimate of drug-likeness (QED) is 0.492. The number of ether oxygens (including phenoxy) is 1. The maximum Gasteiger partial charge on any atom is 0.336 e. The summed E-state index contributed by atoms with van der Waals surface area (Å²) in [7, 11) is 0. The molecule has 2 aliphatic rings. The number of hydrogen-bond acceptors (Lipinski definition) is 7. The highest BCUT2D eigenvalue weighted by atomic mass is 16.5. The summed E-state index contributed by atoms with van der Waals surface area (Å²) in [5.41, 5.74) is 4.63. The maximum absolute atomic E-state index is 13.4. The van der Waals surface area contributed by atoms with Gasteiger partial charge in [0.2, 0.25) is 5.89 Å². The van der Waals surface area contributed by atoms with Crippen LogP contribution in [0.4, 0.5) is 0 Å². The predicted molar refractivity (Wildman–Crippen MR) is 131 cm³/mol. The number of esters is 1. The molecule has 35 heavy (non-hydrogen) atoms. The molecule has 0 bridgehead atoms. The van der Waals surface area contributed by atoms with E-state index < -0.39 is 11.9 Å². The number of nitrogens with one attached hydrogen (secondary N) is 1. The second-order valence-electron chi connectivity index (χ2n) is 9.91. The van der Waals surface area contributed by atoms with Gasteiger partial charge in [-0.3, -0.25) is 4.79 Å². The van der Waals surface area contributed by atoms with Crippen LogP contribution in [0.5, 0.6) is 5.75 Å². The normalized spacial score (nSPS) is 19.5. The van der Waals surface area contributed by atoms with Gasteiger partial charge in [-0.05, 0) is 55.5 Å². The maximum atomic E-state index is 13.4. The third-order valence-electron chi connectivity index (χ3n) is 6.61. The van der Waals surface area contributed by atoms with Crippen molar-refractivity contribution in [1.29, 1.82) is 0 Å². The number of allylic oxidation sites excluding steroid dienone is 3. The summed E-state index contributed by atoms with van der Waals surface area (Å²) in [4.78, 5) is 31.1. The molecule has 2 N–H and O–H groups in total. The molecule has 0 fully saturated rings. The van der Waals surface area contributed by atoms with Crippen LogP contribution in [-0.2, 0) is 14.3 Å². The Morgan fingerprint density at radius 1 is 1.23 bits per heavy atom. The zero-order valence-electron chi connectivity index (χ0n) is 20.3. The van der Waals surface area contributed by atoms with Crippen LogP contribution in [0.25, 0.3) is 22.6 Å². The summed E-state index contributed by atoms with van der Waals surface area (Å²) >= 11 is 0. The summed E-state index contributed by atoms with van der Waals surface area (Å²) in [6, 6.07) is 12.4. The summed E-state index contributed by atoms with van der Waals surface area (Å²) < 4.78 is 11.3. The SMILES string of the molecule is CCOC(=O)C1=C(C)NC2=C(C(=O)CC(C)(C)C2)C1c1ccc(O)c(-c2nc3ccccc3o2)c1. The molecule has 2 aromatic carbocycles. The molecule has 0 radical (unpaired) electrons. The number of dihydropyridines is 1. The van der Waals surface area contributed by atoms with E-state index in [2.05, 4.69) is 24.1 Å². The number of para-hydroxylation sites is 2. The molecule has 180 valence electrons. The van der Waals surface area contributed by atoms with Crippen molar-refractivity contribution >= 4 is 22.9 Å². The number of aromatic hydroxyl groups is 1. The molecule has 1 atom stereocenters. The van der Waals surface area contributed by atoms with E-state index in [0.717, 1.165) is 5.70 Å². The van der Waals surface area contributed by atoms with Gasteiger partial charge in [0.05, 0.1) is 17.7 Å². The lowest BCUT2D eigenvalue weighted by atomic mass is 9.68. The molecule has 0 saturated carbocycles. The summed E-state index contributed by atoms with van der Waals surface area (Å²) in [6.07, 6.45) is 1.07. The predicted octanol–water partition coefficient (Wildman–Crippen LogP) is 5.37. The first-order chi connectivity index (χ1) is 16.7. The van der Waals surface area contributed by atoms with Crippen LogP contribution in [-0.4, -0.2) is 28.4 Å². The van der Waals surface area contributed by atoms with Gasteiger partial charge in [-0.25, -0.2) is 9.78 Å². The van der Waals surface area contributed by atoms with Gasteiger partial charge in [0, 0.05) is 29.3 Å². The van der Waals surface area contributed by atoms with E-state index in [4.69, 9.17) is 9.15 Å². The van der Waals surface area contributed by atoms with E-state index in [9.17, 15) is 14.7 Å². The number of phenolic OH excluding ortho intramolecular Hbond substituents is 1. The third-order valence-corrected chi connectivity index (χ3v) is 6.61. The molecule has 0 amide bonds. The van der Waals surface area contributed by atoms with Crippen molar-refractivity contribution in [2.75, 3.05) is 6.61 Å². The monoisotopic (exact) mass is 472 g/mol. The van der Waals surface area contributed by atoms with Gasteiger partial charge in [0.25, 0.3) is 0 Å². The Kier molecular flexibility index (Phi) is 5.50. The minimum Gasteiger partial charge on any atom is -0.507 e. The molecule has 1 aliphatic heterocycles. The van der Waals surface area contributed by atoms with Crippen molar-refractivity contribution < 1.29 is 23.8 Å². The molecule has 1 unspecified atom stereocenters. The Morgan fingerprint density at radius 2 is 2.00 bits per heavy atom. The van der Waals surface area contributed by atoms with Crippen molar-refractivity contribution in [2.24, 2.45) is 5.41 Å². The number of nitrogens with zero attached hydrogens (tertiary/aromatic N) is 1. The van der Waals surface area contributed by atoms with E-state index in [-0.39, 0.29) is 29.4 Å². The highest BCUT2D eigenvalue weighted by Crippen LogP contribution is 2.48. The van der Waals surface area contributed by atoms with Crippen LogP contribution in [0.3, 0.4) is 0 Å². The number of benzene rings is 2. The second kappa shape index (κ2) is 8.41. The first-order valence-electron chi connectivity index (χ1n) is 11.8. The highest BCUT2D eigenvalue weighted by molar-refractivity contribution is 6.04. The third kappa shape index (κ3) is 4.01. The van der Waals surface area contributed by atoms with Gasteiger partial charge >= 0.3 is 5.97 Å². The Hall–Kier alpha value is -3.87. The fourth-order valence-electron chi connectivity index (χ4n) is 5.14. The smallest absolute Gasteiger partial charge is 0.336 e. The van der Waals surface area contributed by atoms with Crippen LogP contribution in [0.2, 0.25) is 0 Å². The number of Topliss-reactive ketones (excluding diaryl/α,β-unsaturated/α-hetero) is 1. The fourth-order valence-corrected chi connectivity index (χ4v) is 5.14. The zero-order chi connectivity index (χ0) is 24.9. The number of phenols is 1. The molecule has 3 aromatic rings. The average Bonchev–Trinajstić information content (AvgIpc) is 3.22. The van der Waals surface area contributed by atoms with Crippen LogP contribution in [0, 0.1) is 5.41 Å². The first-order valence-corrected chi connectivity index (χ1v) is 11.8. The Bertz CT molecular complexity index is 1390. The number of aromatic nitrogens is 1. The van der Waals surface area contributed by atoms with Crippen LogP contribution in [0.1, 0.15) is 52.0 Å². The van der Waals surface area contributed by atoms with Gasteiger partial charge in [-0.2, -0.15) is 0 Å². The van der Waals surface area contributed by atoms with E-state index >= 15 is 0 Å². The Labute approximate surface area is 203 Å². The van der Waals surface area contributed by atoms with Crippen molar-refractivity contribution in [3.05, 3.63) is 70.6 Å². The van der Waals surface area contributed by atoms with Crippen molar-refractivity contribution in [1.82, 2.24) is 10.3 Å². The van der Waals surface area contributed by atoms with Crippen LogP contribution >= 0.6 is 0 Å². The second-order valence-corrected chi connectivity index (χ2v) is 9.91. The largest absolute Gasteiger partial charge is 0.507 e. The lowest BCUT2D eigenvalue weighted by Crippen LogP contribution is -2.38. The van der Waals surface area contributed by atoms with Gasteiger partial charge < -0.3 is 19.6 Å².